The fourth-order valence-electron chi connectivity index (χ4n) is 3.87. The lowest BCUT2D eigenvalue weighted by Gasteiger charge is -2.18. The van der Waals surface area contributed by atoms with Gasteiger partial charge in [0.05, 0.1) is 13.2 Å². The van der Waals surface area contributed by atoms with Crippen molar-refractivity contribution in [1.82, 2.24) is 0 Å². The summed E-state index contributed by atoms with van der Waals surface area (Å²) in [4.78, 5) is 12.5. The Bertz CT molecular complexity index is 829. The first-order valence-corrected chi connectivity index (χ1v) is 10.1. The van der Waals surface area contributed by atoms with Gasteiger partial charge in [-0.3, -0.25) is 0 Å². The Morgan fingerprint density at radius 2 is 1.52 bits per heavy atom. The highest BCUT2D eigenvalue weighted by Gasteiger charge is 2.55. The summed E-state index contributed by atoms with van der Waals surface area (Å²) >= 11 is 0. The van der Waals surface area contributed by atoms with E-state index in [0.29, 0.717) is 18.8 Å². The van der Waals surface area contributed by atoms with E-state index in [-0.39, 0.29) is 23.7 Å². The number of benzene rings is 2. The molecule has 0 amide bonds. The zero-order valence-electron chi connectivity index (χ0n) is 17.0. The van der Waals surface area contributed by atoms with Crippen molar-refractivity contribution in [2.24, 2.45) is 5.92 Å². The topological polar surface area (TPSA) is 55.4 Å². The molecule has 1 aliphatic rings. The molecule has 2 aromatic rings. The molecule has 0 aliphatic heterocycles. The highest BCUT2D eigenvalue weighted by molar-refractivity contribution is 5.89. The van der Waals surface area contributed by atoms with E-state index in [4.69, 9.17) is 9.47 Å². The molecular formula is C25H27O4. The Labute approximate surface area is 172 Å². The van der Waals surface area contributed by atoms with Crippen LogP contribution in [0.25, 0.3) is 0 Å². The van der Waals surface area contributed by atoms with Crippen LogP contribution in [0.4, 0.5) is 0 Å². The zero-order chi connectivity index (χ0) is 20.7. The molecule has 3 rings (SSSR count). The molecule has 2 aromatic carbocycles. The Hall–Kier alpha value is -3.01. The molecule has 1 fully saturated rings. The molecule has 151 valence electrons. The minimum absolute atomic E-state index is 0.155. The van der Waals surface area contributed by atoms with Crippen molar-refractivity contribution < 1.29 is 19.4 Å². The summed E-state index contributed by atoms with van der Waals surface area (Å²) in [6, 6.07) is 20.7. The number of ether oxygens (including phenoxy) is 2. The molecule has 4 nitrogen and oxygen atoms in total. The molecule has 1 unspecified atom stereocenters. The van der Waals surface area contributed by atoms with Gasteiger partial charge in [-0.2, -0.15) is 0 Å². The first-order chi connectivity index (χ1) is 14.1. The van der Waals surface area contributed by atoms with E-state index in [2.05, 4.69) is 24.3 Å². The van der Waals surface area contributed by atoms with E-state index in [1.54, 1.807) is 13.8 Å². The number of carbonyl (C=O) groups is 1. The van der Waals surface area contributed by atoms with E-state index in [0.717, 1.165) is 6.42 Å². The van der Waals surface area contributed by atoms with Crippen molar-refractivity contribution in [3.63, 3.8) is 0 Å². The second-order valence-corrected chi connectivity index (χ2v) is 7.09. The Morgan fingerprint density at radius 3 is 2.03 bits per heavy atom. The van der Waals surface area contributed by atoms with Gasteiger partial charge in [0.25, 0.3) is 0 Å². The van der Waals surface area contributed by atoms with Gasteiger partial charge in [0.15, 0.2) is 0 Å². The summed E-state index contributed by atoms with van der Waals surface area (Å²) in [6.45, 7) is 4.14. The van der Waals surface area contributed by atoms with Gasteiger partial charge in [-0.05, 0) is 37.3 Å². The van der Waals surface area contributed by atoms with E-state index < -0.39 is 5.95 Å². The van der Waals surface area contributed by atoms with Crippen LogP contribution in [-0.4, -0.2) is 19.2 Å². The number of allylic oxidation sites excluding steroid dienone is 2. The van der Waals surface area contributed by atoms with Crippen molar-refractivity contribution in [2.75, 3.05) is 13.2 Å². The van der Waals surface area contributed by atoms with Gasteiger partial charge in [-0.25, -0.2) is 9.90 Å². The normalized spacial score (nSPS) is 18.2. The number of hydrogen-bond donors (Lipinski definition) is 0. The minimum Gasteiger partial charge on any atom is -0.463 e. The van der Waals surface area contributed by atoms with Crippen molar-refractivity contribution in [3.8, 4) is 0 Å². The van der Waals surface area contributed by atoms with Crippen molar-refractivity contribution in [1.29, 1.82) is 0 Å². The fourth-order valence-corrected chi connectivity index (χ4v) is 3.87. The standard InChI is InChI=1S/C25H27O4/c1-3-28-23(26)16-15-19(24(27)29-4-2)17-22-18-25(22,20-11-7-5-8-12-20)21-13-9-6-10-14-21/h5-14,16-17,22H,3-4,15,18H2,1-2H3/b19-17+,23-16?. The van der Waals surface area contributed by atoms with Crippen molar-refractivity contribution >= 4 is 5.97 Å². The SMILES string of the molecule is CCOC(=O)/C(=C/C1CC1(c1ccccc1)c1ccccc1)CC=C([O])OCC. The van der Waals surface area contributed by atoms with Gasteiger partial charge in [0.2, 0.25) is 0 Å². The van der Waals surface area contributed by atoms with Crippen molar-refractivity contribution in [3.05, 3.63) is 95.5 Å². The molecule has 0 aromatic heterocycles. The lowest BCUT2D eigenvalue weighted by molar-refractivity contribution is -0.138. The summed E-state index contributed by atoms with van der Waals surface area (Å²) in [6.07, 6.45) is 4.49. The molecule has 29 heavy (non-hydrogen) atoms. The highest BCUT2D eigenvalue weighted by atomic mass is 16.6. The molecule has 4 heteroatoms. The molecule has 1 aliphatic carbocycles. The summed E-state index contributed by atoms with van der Waals surface area (Å²) in [5, 5.41) is 11.7. The Morgan fingerprint density at radius 1 is 0.966 bits per heavy atom. The highest BCUT2D eigenvalue weighted by Crippen LogP contribution is 2.59. The third-order valence-electron chi connectivity index (χ3n) is 5.31. The van der Waals surface area contributed by atoms with Crippen LogP contribution in [0.5, 0.6) is 0 Å². The third kappa shape index (κ3) is 4.70. The minimum atomic E-state index is -0.420. The molecule has 0 N–H and O–H groups in total. The largest absolute Gasteiger partial charge is 0.463 e. The molecule has 1 saturated carbocycles. The first kappa shape index (κ1) is 20.7. The van der Waals surface area contributed by atoms with Crippen LogP contribution in [0, 0.1) is 5.92 Å². The van der Waals surface area contributed by atoms with Crippen molar-refractivity contribution in [2.45, 2.75) is 32.1 Å². The predicted molar refractivity (Wildman–Crippen MR) is 111 cm³/mol. The van der Waals surface area contributed by atoms with Gasteiger partial charge in [-0.15, -0.1) is 0 Å². The van der Waals surface area contributed by atoms with Gasteiger partial charge in [-0.1, -0.05) is 66.7 Å². The average Bonchev–Trinajstić information content (AvgIpc) is 3.48. The molecule has 1 atom stereocenters. The van der Waals surface area contributed by atoms with Crippen LogP contribution in [0.1, 0.15) is 37.8 Å². The average molecular weight is 391 g/mol. The van der Waals surface area contributed by atoms with Gasteiger partial charge in [0.1, 0.15) is 0 Å². The maximum Gasteiger partial charge on any atom is 0.333 e. The molecule has 0 saturated heterocycles. The van der Waals surface area contributed by atoms with Crippen LogP contribution < -0.4 is 0 Å². The van der Waals surface area contributed by atoms with Crippen LogP contribution in [0.15, 0.2) is 84.3 Å². The van der Waals surface area contributed by atoms with E-state index in [9.17, 15) is 9.90 Å². The lowest BCUT2D eigenvalue weighted by Crippen LogP contribution is -2.13. The van der Waals surface area contributed by atoms with Crippen LogP contribution in [-0.2, 0) is 24.8 Å². The molecular weight excluding hydrogens is 364 g/mol. The second kappa shape index (κ2) is 9.46. The molecule has 0 heterocycles. The van der Waals surface area contributed by atoms with Crippen LogP contribution in [0.3, 0.4) is 0 Å². The maximum atomic E-state index is 12.5. The van der Waals surface area contributed by atoms with Gasteiger partial charge >= 0.3 is 11.9 Å². The van der Waals surface area contributed by atoms with E-state index in [1.807, 2.05) is 42.5 Å². The Kier molecular flexibility index (Phi) is 6.76. The summed E-state index contributed by atoms with van der Waals surface area (Å²) in [7, 11) is 0. The van der Waals surface area contributed by atoms with Crippen LogP contribution >= 0.6 is 0 Å². The maximum absolute atomic E-state index is 12.5. The van der Waals surface area contributed by atoms with Gasteiger partial charge < -0.3 is 9.47 Å². The summed E-state index contributed by atoms with van der Waals surface area (Å²) in [5.41, 5.74) is 2.79. The number of hydrogen-bond acceptors (Lipinski definition) is 3. The van der Waals surface area contributed by atoms with E-state index >= 15 is 0 Å². The smallest absolute Gasteiger partial charge is 0.333 e. The first-order valence-electron chi connectivity index (χ1n) is 10.1. The predicted octanol–water partition coefficient (Wildman–Crippen LogP) is 5.18. The van der Waals surface area contributed by atoms with Gasteiger partial charge in [0, 0.05) is 23.5 Å². The molecule has 0 bridgehead atoms. The number of rotatable bonds is 9. The second-order valence-electron chi connectivity index (χ2n) is 7.09. The Balaban J connectivity index is 1.94. The van der Waals surface area contributed by atoms with Crippen LogP contribution in [0.2, 0.25) is 0 Å². The quantitative estimate of drug-likeness (QED) is 0.336. The fraction of sp³-hybridized carbons (Fsp3) is 0.320. The summed E-state index contributed by atoms with van der Waals surface area (Å²) in [5.74, 6) is -0.645. The molecule has 0 spiro atoms. The number of esters is 1. The summed E-state index contributed by atoms with van der Waals surface area (Å²) < 4.78 is 10.2. The van der Waals surface area contributed by atoms with E-state index in [1.165, 1.54) is 17.2 Å². The number of carbonyl (C=O) groups excluding carboxylic acids is 1. The monoisotopic (exact) mass is 391 g/mol. The third-order valence-corrected chi connectivity index (χ3v) is 5.31. The zero-order valence-corrected chi connectivity index (χ0v) is 17.0. The lowest BCUT2D eigenvalue weighted by atomic mass is 9.85. The molecule has 1 radical (unpaired) electrons.